The zero-order valence-electron chi connectivity index (χ0n) is 19.7. The summed E-state index contributed by atoms with van der Waals surface area (Å²) in [5, 5.41) is 12.9. The molecule has 1 aromatic carbocycles. The van der Waals surface area contributed by atoms with Crippen molar-refractivity contribution in [2.24, 2.45) is 10.7 Å². The molecule has 0 spiro atoms. The molecule has 13 heteroatoms. The summed E-state index contributed by atoms with van der Waals surface area (Å²) < 4.78 is 58.7. The molecule has 0 fully saturated rings. The predicted octanol–water partition coefficient (Wildman–Crippen LogP) is 4.27. The molecule has 4 rings (SSSR count). The van der Waals surface area contributed by atoms with Crippen molar-refractivity contribution < 1.29 is 27.4 Å². The van der Waals surface area contributed by atoms with E-state index < -0.39 is 28.4 Å². The second-order valence-electron chi connectivity index (χ2n) is 8.81. The van der Waals surface area contributed by atoms with Gasteiger partial charge in [0.15, 0.2) is 23.7 Å². The molecule has 0 aliphatic carbocycles. The van der Waals surface area contributed by atoms with Crippen LogP contribution >= 0.6 is 11.8 Å². The summed E-state index contributed by atoms with van der Waals surface area (Å²) in [6, 6.07) is 5.64. The van der Waals surface area contributed by atoms with Gasteiger partial charge in [-0.1, -0.05) is 17.7 Å². The van der Waals surface area contributed by atoms with E-state index in [0.29, 0.717) is 34.3 Å². The van der Waals surface area contributed by atoms with Gasteiger partial charge in [-0.3, -0.25) is 4.99 Å². The first-order chi connectivity index (χ1) is 17.3. The summed E-state index contributed by atoms with van der Waals surface area (Å²) in [6.45, 7) is 2.73. The van der Waals surface area contributed by atoms with Crippen LogP contribution in [0.4, 0.5) is 29.1 Å². The number of aliphatic hydroxyl groups is 1. The lowest BCUT2D eigenvalue weighted by atomic mass is 9.80. The van der Waals surface area contributed by atoms with E-state index in [1.807, 2.05) is 0 Å². The number of nitrogens with zero attached hydrogens (tertiary/aromatic N) is 4. The number of thioether (sulfide) groups is 1. The maximum absolute atomic E-state index is 15.1. The summed E-state index contributed by atoms with van der Waals surface area (Å²) in [7, 11) is 0. The van der Waals surface area contributed by atoms with Gasteiger partial charge in [0.2, 0.25) is 5.88 Å². The van der Waals surface area contributed by atoms with Crippen LogP contribution in [-0.4, -0.2) is 48.9 Å². The Morgan fingerprint density at radius 2 is 2.05 bits per heavy atom. The lowest BCUT2D eigenvalue weighted by Gasteiger charge is -2.44. The van der Waals surface area contributed by atoms with E-state index in [-0.39, 0.29) is 29.6 Å². The van der Waals surface area contributed by atoms with Crippen LogP contribution in [-0.2, 0) is 5.54 Å². The number of aliphatic hydroxyl groups excluding tert-OH is 1. The molecule has 3 atom stereocenters. The van der Waals surface area contributed by atoms with Crippen molar-refractivity contribution in [1.82, 2.24) is 15.0 Å². The lowest BCUT2D eigenvalue weighted by molar-refractivity contribution is -0.213. The number of pyridine rings is 1. The van der Waals surface area contributed by atoms with Gasteiger partial charge in [0.1, 0.15) is 11.3 Å². The Morgan fingerprint density at radius 1 is 1.30 bits per heavy atom. The monoisotopic (exact) mass is 534 g/mol. The number of ether oxygens (including phenoxy) is 1. The van der Waals surface area contributed by atoms with Crippen LogP contribution in [0.1, 0.15) is 25.8 Å². The minimum atomic E-state index is -4.89. The molecule has 194 valence electrons. The summed E-state index contributed by atoms with van der Waals surface area (Å²) >= 11 is 0.614. The number of halogens is 4. The highest BCUT2D eigenvalue weighted by Gasteiger charge is 2.56. The largest absolute Gasteiger partial charge is 0.463 e. The molecule has 8 nitrogen and oxygen atoms in total. The molecule has 4 N–H and O–H groups in total. The Bertz CT molecular complexity index is 1410. The first-order valence-electron chi connectivity index (χ1n) is 10.9. The Morgan fingerprint density at radius 3 is 2.76 bits per heavy atom. The smallest absolute Gasteiger partial charge is 0.415 e. The van der Waals surface area contributed by atoms with Gasteiger partial charge < -0.3 is 20.9 Å². The molecule has 0 radical (unpaired) electrons. The van der Waals surface area contributed by atoms with Crippen LogP contribution < -0.4 is 15.8 Å². The van der Waals surface area contributed by atoms with Gasteiger partial charge in [0.05, 0.1) is 22.0 Å². The molecule has 2 aromatic heterocycles. The topological polar surface area (TPSA) is 119 Å². The van der Waals surface area contributed by atoms with Gasteiger partial charge in [-0.2, -0.15) is 13.2 Å². The fourth-order valence-corrected chi connectivity index (χ4v) is 5.60. The molecule has 0 unspecified atom stereocenters. The molecule has 1 aliphatic heterocycles. The number of terminal acetylenes is 1. The van der Waals surface area contributed by atoms with E-state index in [0.717, 1.165) is 6.07 Å². The van der Waals surface area contributed by atoms with E-state index in [9.17, 15) is 18.3 Å². The van der Waals surface area contributed by atoms with Gasteiger partial charge in [-0.15, -0.1) is 6.42 Å². The van der Waals surface area contributed by atoms with E-state index in [1.54, 1.807) is 6.07 Å². The van der Waals surface area contributed by atoms with E-state index >= 15 is 4.39 Å². The second-order valence-corrected chi connectivity index (χ2v) is 10.4. The third-order valence-electron chi connectivity index (χ3n) is 5.83. The van der Waals surface area contributed by atoms with Crippen molar-refractivity contribution in [1.29, 1.82) is 0 Å². The second kappa shape index (κ2) is 9.68. The maximum atomic E-state index is 15.1. The number of nitrogens with two attached hydrogens (primary N) is 1. The highest BCUT2D eigenvalue weighted by Crippen LogP contribution is 2.50. The number of benzene rings is 1. The average Bonchev–Trinajstić information content (AvgIpc) is 2.82. The van der Waals surface area contributed by atoms with E-state index in [1.165, 1.54) is 38.4 Å². The van der Waals surface area contributed by atoms with Crippen LogP contribution in [0.3, 0.4) is 0 Å². The highest BCUT2D eigenvalue weighted by atomic mass is 32.2. The molecule has 3 aromatic rings. The van der Waals surface area contributed by atoms with Gasteiger partial charge in [-0.05, 0) is 44.5 Å². The molecular weight excluding hydrogens is 512 g/mol. The summed E-state index contributed by atoms with van der Waals surface area (Å²) in [5.74, 6) is 2.18. The summed E-state index contributed by atoms with van der Waals surface area (Å²) in [4.78, 5) is 17.2. The zero-order chi connectivity index (χ0) is 27.0. The van der Waals surface area contributed by atoms with Crippen molar-refractivity contribution in [2.75, 3.05) is 11.9 Å². The number of aromatic nitrogens is 3. The van der Waals surface area contributed by atoms with Crippen molar-refractivity contribution in [3.8, 4) is 18.2 Å². The van der Waals surface area contributed by atoms with Crippen molar-refractivity contribution in [2.45, 2.75) is 42.8 Å². The lowest BCUT2D eigenvalue weighted by Crippen LogP contribution is -2.53. The Hall–Kier alpha value is -3.63. The number of alkyl halides is 3. The minimum absolute atomic E-state index is 0.00218. The van der Waals surface area contributed by atoms with Crippen LogP contribution in [0, 0.1) is 18.2 Å². The Kier molecular flexibility index (Phi) is 6.91. The molecule has 3 heterocycles. The molecule has 0 amide bonds. The van der Waals surface area contributed by atoms with Gasteiger partial charge in [-0.25, -0.2) is 19.3 Å². The van der Waals surface area contributed by atoms with Gasteiger partial charge >= 0.3 is 6.18 Å². The molecule has 0 saturated carbocycles. The van der Waals surface area contributed by atoms with Gasteiger partial charge in [0, 0.05) is 17.4 Å². The molecule has 37 heavy (non-hydrogen) atoms. The van der Waals surface area contributed by atoms with Crippen LogP contribution in [0.2, 0.25) is 0 Å². The predicted molar refractivity (Wildman–Crippen MR) is 133 cm³/mol. The third-order valence-corrected chi connectivity index (χ3v) is 6.96. The minimum Gasteiger partial charge on any atom is -0.463 e. The van der Waals surface area contributed by atoms with Crippen molar-refractivity contribution in [3.05, 3.63) is 48.0 Å². The Balaban J connectivity index is 1.69. The number of rotatable bonds is 6. The van der Waals surface area contributed by atoms with E-state index in [4.69, 9.17) is 16.9 Å². The normalized spacial score (nSPS) is 22.7. The quantitative estimate of drug-likeness (QED) is 0.317. The van der Waals surface area contributed by atoms with E-state index in [2.05, 4.69) is 31.2 Å². The number of nitrogens with one attached hydrogen (secondary N) is 1. The number of amidine groups is 1. The fourth-order valence-electron chi connectivity index (χ4n) is 4.28. The number of hydrogen-bond acceptors (Lipinski definition) is 9. The molecule has 0 saturated heterocycles. The highest BCUT2D eigenvalue weighted by molar-refractivity contribution is 8.15. The number of anilines is 2. The summed E-state index contributed by atoms with van der Waals surface area (Å²) in [5.41, 5.74) is 5.60. The SMILES string of the molecule is C#CCOc1cnc2c(Nc3ccc(F)c([C@]4(C)C[C@](C)([C@@H](O)C(F)(F)F)SC(N)=N4)c3)nccc2n1. The average molecular weight is 535 g/mol. The van der Waals surface area contributed by atoms with Crippen molar-refractivity contribution >= 4 is 39.5 Å². The number of aliphatic imine (C=N–C) groups is 1. The van der Waals surface area contributed by atoms with Crippen LogP contribution in [0.5, 0.6) is 5.88 Å². The molecule has 0 bridgehead atoms. The summed E-state index contributed by atoms with van der Waals surface area (Å²) in [6.07, 6.45) is 0.144. The van der Waals surface area contributed by atoms with Crippen LogP contribution in [0.15, 0.2) is 41.7 Å². The standard InChI is InChI=1S/C24H22F4N6O2S/c1-4-9-36-17-11-31-18-16(33-17)7-8-30-19(18)32-13-5-6-15(25)14(10-13)22(2)12-23(3,37-21(29)34-22)20(35)24(26,27)28/h1,5-8,10-11,20,35H,9,12H2,2-3H3,(H2,29,34)(H,30,32)/t20-,22+,23-/m1/s1. The van der Waals surface area contributed by atoms with Crippen molar-refractivity contribution in [3.63, 3.8) is 0 Å². The Labute approximate surface area is 213 Å². The number of hydrogen-bond donors (Lipinski definition) is 3. The molecule has 1 aliphatic rings. The first-order valence-corrected chi connectivity index (χ1v) is 11.7. The third kappa shape index (κ3) is 5.40. The first kappa shape index (κ1) is 26.4. The zero-order valence-corrected chi connectivity index (χ0v) is 20.5. The van der Waals surface area contributed by atoms with Crippen LogP contribution in [0.25, 0.3) is 11.0 Å². The number of fused-ring (bicyclic) bond motifs is 1. The van der Waals surface area contributed by atoms with Gasteiger partial charge in [0.25, 0.3) is 0 Å². The maximum Gasteiger partial charge on any atom is 0.415 e. The molecular formula is C24H22F4N6O2S. The fraction of sp³-hybridized carbons (Fsp3) is 0.333.